The summed E-state index contributed by atoms with van der Waals surface area (Å²) in [6, 6.07) is 11.5. The van der Waals surface area contributed by atoms with Crippen molar-refractivity contribution in [2.45, 2.75) is 23.6 Å². The van der Waals surface area contributed by atoms with Gasteiger partial charge in [0.05, 0.1) is 22.9 Å². The third-order valence-corrected chi connectivity index (χ3v) is 6.03. The number of aliphatic hydroxyl groups excluding tert-OH is 1. The number of hydrogen-bond donors (Lipinski definition) is 4. The number of anilines is 2. The van der Waals surface area contributed by atoms with Crippen LogP contribution >= 0.6 is 0 Å². The minimum atomic E-state index is -3.80. The quantitative estimate of drug-likeness (QED) is 0.378. The number of rotatable bonds is 8. The van der Waals surface area contributed by atoms with Gasteiger partial charge in [-0.3, -0.25) is 0 Å². The molecular formula is C21H22FN5O4S. The first-order chi connectivity index (χ1) is 15.2. The fourth-order valence-electron chi connectivity index (χ4n) is 2.84. The molecule has 0 unspecified atom stereocenters. The average Bonchev–Trinajstić information content (AvgIpc) is 2.73. The van der Waals surface area contributed by atoms with Gasteiger partial charge >= 0.3 is 6.03 Å². The minimum absolute atomic E-state index is 0.0285. The molecule has 0 aliphatic rings. The Kier molecular flexibility index (Phi) is 7.01. The van der Waals surface area contributed by atoms with Crippen molar-refractivity contribution in [3.05, 3.63) is 66.1 Å². The first-order valence-corrected chi connectivity index (χ1v) is 11.2. The van der Waals surface area contributed by atoms with E-state index in [1.807, 2.05) is 0 Å². The number of aromatic nitrogens is 2. The molecule has 9 nitrogen and oxygen atoms in total. The largest absolute Gasteiger partial charge is 0.394 e. The highest BCUT2D eigenvalue weighted by atomic mass is 32.2. The molecule has 1 heterocycles. The van der Waals surface area contributed by atoms with Crippen molar-refractivity contribution < 1.29 is 22.7 Å². The molecule has 0 aliphatic carbocycles. The van der Waals surface area contributed by atoms with Crippen LogP contribution in [0.3, 0.4) is 0 Å². The van der Waals surface area contributed by atoms with E-state index in [4.69, 9.17) is 5.73 Å². The molecule has 0 saturated heterocycles. The third-order valence-electron chi connectivity index (χ3n) is 4.37. The molecule has 2 amide bonds. The summed E-state index contributed by atoms with van der Waals surface area (Å²) >= 11 is 0. The van der Waals surface area contributed by atoms with Crippen LogP contribution in [0.4, 0.5) is 20.7 Å². The lowest BCUT2D eigenvalue weighted by Gasteiger charge is -2.14. The number of aliphatic hydroxyl groups is 1. The summed E-state index contributed by atoms with van der Waals surface area (Å²) in [5, 5.41) is 14.8. The fraction of sp³-hybridized carbons (Fsp3) is 0.190. The lowest BCUT2D eigenvalue weighted by Crippen LogP contribution is -2.20. The minimum Gasteiger partial charge on any atom is -0.394 e. The molecule has 0 fully saturated rings. The third kappa shape index (κ3) is 5.99. The molecule has 0 radical (unpaired) electrons. The molecule has 0 spiro atoms. The molecule has 2 aromatic carbocycles. The maximum Gasteiger partial charge on any atom is 0.316 e. The normalized spacial score (nSPS) is 12.2. The first kappa shape index (κ1) is 23.1. The topological polar surface area (TPSA) is 147 Å². The van der Waals surface area contributed by atoms with Crippen LogP contribution in [0.25, 0.3) is 11.4 Å². The number of nitrogens with one attached hydrogen (secondary N) is 2. The van der Waals surface area contributed by atoms with E-state index in [1.54, 1.807) is 31.2 Å². The molecule has 1 atom stereocenters. The van der Waals surface area contributed by atoms with Crippen LogP contribution in [-0.4, -0.2) is 42.2 Å². The highest BCUT2D eigenvalue weighted by Gasteiger charge is 2.19. The Morgan fingerprint density at radius 3 is 2.38 bits per heavy atom. The van der Waals surface area contributed by atoms with Gasteiger partial charge in [0.2, 0.25) is 0 Å². The summed E-state index contributed by atoms with van der Waals surface area (Å²) in [4.78, 5) is 19.7. The van der Waals surface area contributed by atoms with E-state index in [0.717, 1.165) is 12.1 Å². The maximum absolute atomic E-state index is 13.2. The second-order valence-electron chi connectivity index (χ2n) is 7.08. The van der Waals surface area contributed by atoms with Crippen LogP contribution in [0.1, 0.15) is 12.6 Å². The van der Waals surface area contributed by atoms with Gasteiger partial charge in [-0.25, -0.2) is 27.6 Å². The zero-order chi connectivity index (χ0) is 23.3. The molecule has 11 heteroatoms. The number of benzene rings is 2. The highest BCUT2D eigenvalue weighted by molar-refractivity contribution is 7.90. The molecule has 1 aromatic heterocycles. The number of urea groups is 1. The van der Waals surface area contributed by atoms with Crippen molar-refractivity contribution in [1.29, 1.82) is 0 Å². The highest BCUT2D eigenvalue weighted by Crippen LogP contribution is 2.23. The number of nitrogens with two attached hydrogens (primary N) is 1. The molecule has 3 rings (SSSR count). The number of carbonyl (C=O) groups excluding carboxylic acids is 1. The van der Waals surface area contributed by atoms with Crippen molar-refractivity contribution in [1.82, 2.24) is 9.97 Å². The van der Waals surface area contributed by atoms with Crippen LogP contribution in [-0.2, 0) is 15.6 Å². The Labute approximate surface area is 184 Å². The monoisotopic (exact) mass is 459 g/mol. The zero-order valence-corrected chi connectivity index (χ0v) is 17.9. The van der Waals surface area contributed by atoms with Gasteiger partial charge in [0.25, 0.3) is 0 Å². The molecule has 0 bridgehead atoms. The predicted molar refractivity (Wildman–Crippen MR) is 118 cm³/mol. The number of halogens is 1. The van der Waals surface area contributed by atoms with Gasteiger partial charge in [-0.15, -0.1) is 0 Å². The SMILES string of the molecule is C[C@@H](CO)Nc1cc(CS(=O)(=O)c2ccc(F)cc2)nc(-c2ccc(NC(N)=O)cc2)n1. The van der Waals surface area contributed by atoms with Crippen LogP contribution in [0.15, 0.2) is 59.5 Å². The fourth-order valence-corrected chi connectivity index (χ4v) is 4.09. The lowest BCUT2D eigenvalue weighted by atomic mass is 10.2. The summed E-state index contributed by atoms with van der Waals surface area (Å²) in [6.07, 6.45) is 0. The van der Waals surface area contributed by atoms with Crippen LogP contribution in [0.5, 0.6) is 0 Å². The van der Waals surface area contributed by atoms with Crippen LogP contribution in [0.2, 0.25) is 0 Å². The van der Waals surface area contributed by atoms with Crippen molar-refractivity contribution in [3.63, 3.8) is 0 Å². The van der Waals surface area contributed by atoms with Gasteiger partial charge in [0.1, 0.15) is 11.6 Å². The van der Waals surface area contributed by atoms with Crippen molar-refractivity contribution in [2.24, 2.45) is 5.73 Å². The molecule has 32 heavy (non-hydrogen) atoms. The second-order valence-corrected chi connectivity index (χ2v) is 9.07. The average molecular weight is 460 g/mol. The van der Waals surface area contributed by atoms with E-state index in [1.165, 1.54) is 18.2 Å². The number of primary amides is 1. The molecule has 168 valence electrons. The summed E-state index contributed by atoms with van der Waals surface area (Å²) in [5.74, 6) is -0.389. The predicted octanol–water partition coefficient (Wildman–Crippen LogP) is 2.54. The van der Waals surface area contributed by atoms with E-state index >= 15 is 0 Å². The molecular weight excluding hydrogens is 437 g/mol. The van der Waals surface area contributed by atoms with E-state index in [9.17, 15) is 22.7 Å². The molecule has 5 N–H and O–H groups in total. The second kappa shape index (κ2) is 9.71. The first-order valence-electron chi connectivity index (χ1n) is 9.57. The standard InChI is InChI=1S/C21H22FN5O4S/c1-13(11-28)24-19-10-17(12-32(30,31)18-8-4-15(22)5-9-18)25-20(27-19)14-2-6-16(7-3-14)26-21(23)29/h2-10,13,28H,11-12H2,1H3,(H3,23,26,29)(H,24,25,27)/t13-/m0/s1. The molecule has 0 saturated carbocycles. The number of amides is 2. The van der Waals surface area contributed by atoms with Gasteiger partial charge in [-0.2, -0.15) is 0 Å². The summed E-state index contributed by atoms with van der Waals surface area (Å²) in [5.41, 5.74) is 6.37. The maximum atomic E-state index is 13.2. The van der Waals surface area contributed by atoms with Gasteiger partial charge in [-0.05, 0) is 55.5 Å². The van der Waals surface area contributed by atoms with Gasteiger partial charge < -0.3 is 21.5 Å². The van der Waals surface area contributed by atoms with Crippen molar-refractivity contribution in [3.8, 4) is 11.4 Å². The van der Waals surface area contributed by atoms with E-state index in [-0.39, 0.29) is 29.1 Å². The number of carbonyl (C=O) groups is 1. The Bertz CT molecular complexity index is 1200. The summed E-state index contributed by atoms with van der Waals surface area (Å²) < 4.78 is 38.8. The van der Waals surface area contributed by atoms with Gasteiger partial charge in [0, 0.05) is 23.4 Å². The summed E-state index contributed by atoms with van der Waals surface area (Å²) in [6.45, 7) is 1.58. The van der Waals surface area contributed by atoms with Crippen LogP contribution < -0.4 is 16.4 Å². The number of nitrogens with zero attached hydrogens (tertiary/aromatic N) is 2. The zero-order valence-electron chi connectivity index (χ0n) is 17.1. The number of hydrogen-bond acceptors (Lipinski definition) is 7. The van der Waals surface area contributed by atoms with E-state index in [0.29, 0.717) is 17.1 Å². The Morgan fingerprint density at radius 2 is 1.78 bits per heavy atom. The Balaban J connectivity index is 1.97. The van der Waals surface area contributed by atoms with Gasteiger partial charge in [0.15, 0.2) is 15.7 Å². The lowest BCUT2D eigenvalue weighted by molar-refractivity contribution is 0.259. The van der Waals surface area contributed by atoms with Gasteiger partial charge in [-0.1, -0.05) is 0 Å². The van der Waals surface area contributed by atoms with Crippen LogP contribution in [0, 0.1) is 5.82 Å². The Hall–Kier alpha value is -3.57. The van der Waals surface area contributed by atoms with E-state index in [2.05, 4.69) is 20.6 Å². The summed E-state index contributed by atoms with van der Waals surface area (Å²) in [7, 11) is -3.80. The molecule has 3 aromatic rings. The Morgan fingerprint density at radius 1 is 1.12 bits per heavy atom. The molecule has 0 aliphatic heterocycles. The smallest absolute Gasteiger partial charge is 0.316 e. The number of sulfone groups is 1. The van der Waals surface area contributed by atoms with E-state index < -0.39 is 27.4 Å². The van der Waals surface area contributed by atoms with Crippen molar-refractivity contribution >= 4 is 27.4 Å². The van der Waals surface area contributed by atoms with Crippen molar-refractivity contribution in [2.75, 3.05) is 17.2 Å².